The molecule has 0 spiro atoms. The molecule has 0 amide bonds. The normalized spacial score (nSPS) is 7.75. The van der Waals surface area contributed by atoms with Crippen LogP contribution in [0.3, 0.4) is 0 Å². The maximum absolute atomic E-state index is 10.6. The Kier molecular flexibility index (Phi) is 9.51. The molecule has 0 bridgehead atoms. The van der Waals surface area contributed by atoms with E-state index in [2.05, 4.69) is 12.6 Å². The predicted molar refractivity (Wildman–Crippen MR) is 42.5 cm³/mol. The molecule has 0 aromatic heterocycles. The molecule has 0 aliphatic carbocycles. The largest absolute Gasteiger partial charge is 1.00 e. The van der Waals surface area contributed by atoms with Crippen LogP contribution < -0.4 is 29.6 Å². The third-order valence-electron chi connectivity index (χ3n) is 1.13. The molecule has 2 nitrogen and oxygen atoms in total. The van der Waals surface area contributed by atoms with Gasteiger partial charge in [0.25, 0.3) is 0 Å². The Balaban J connectivity index is -0.000000333. The Hall–Kier alpha value is 0.975. The number of thiol groups is 1. The van der Waals surface area contributed by atoms with E-state index in [1.807, 2.05) is 0 Å². The molecule has 0 aliphatic heterocycles. The van der Waals surface area contributed by atoms with Crippen LogP contribution in [0.2, 0.25) is 0 Å². The summed E-state index contributed by atoms with van der Waals surface area (Å²) in [5.41, 5.74) is 0.242. The van der Waals surface area contributed by atoms with Gasteiger partial charge in [-0.3, -0.25) is 4.79 Å². The van der Waals surface area contributed by atoms with Gasteiger partial charge in [-0.2, -0.15) is 0 Å². The van der Waals surface area contributed by atoms with Gasteiger partial charge < -0.3 is 6.53 Å². The van der Waals surface area contributed by atoms with Crippen molar-refractivity contribution >= 4 is 17.7 Å². The molecule has 1 rings (SSSR count). The number of carbonyl (C=O) groups is 1. The molecule has 56 valence electrons. The van der Waals surface area contributed by atoms with Crippen molar-refractivity contribution in [1.29, 1.82) is 0 Å². The van der Waals surface area contributed by atoms with Gasteiger partial charge in [0, 0.05) is 27.7 Å². The molecule has 12 heavy (non-hydrogen) atoms. The maximum atomic E-state index is 10.6. The second kappa shape index (κ2) is 7.39. The Morgan fingerprint density at radius 1 is 1.42 bits per heavy atom. The van der Waals surface area contributed by atoms with Gasteiger partial charge in [-0.1, -0.05) is 12.1 Å². The molecule has 1 N–H and O–H groups in total. The van der Waals surface area contributed by atoms with Crippen molar-refractivity contribution in [2.75, 3.05) is 0 Å². The number of hydrogen-bond acceptors (Lipinski definition) is 2. The minimum absolute atomic E-state index is 0. The van der Waals surface area contributed by atoms with Crippen LogP contribution in [0.4, 0.5) is 0 Å². The van der Waals surface area contributed by atoms with E-state index in [-0.39, 0.29) is 70.0 Å². The van der Waals surface area contributed by atoms with Crippen LogP contribution in [-0.2, 0) is 27.7 Å². The number of aromatic hydroxyl groups is 1. The quantitative estimate of drug-likeness (QED) is 0.465. The summed E-state index contributed by atoms with van der Waals surface area (Å²) in [7, 11) is 0. The van der Waals surface area contributed by atoms with E-state index in [1.165, 1.54) is 12.1 Å². The Bertz CT molecular complexity index is 272. The minimum Gasteiger partial charge on any atom is -1.00 e. The summed E-state index contributed by atoms with van der Waals surface area (Å²) in [5, 5.41) is 8.59. The van der Waals surface area contributed by atoms with Crippen molar-refractivity contribution in [2.45, 2.75) is 0 Å². The topological polar surface area (TPSA) is 37.3 Å². The Morgan fingerprint density at radius 3 is 2.25 bits per heavy atom. The third kappa shape index (κ3) is 4.28. The van der Waals surface area contributed by atoms with Crippen LogP contribution in [0.5, 0.6) is 5.75 Å². The van der Waals surface area contributed by atoms with E-state index in [9.17, 15) is 4.79 Å². The summed E-state index contributed by atoms with van der Waals surface area (Å²) in [6, 6.07) is 6.28. The Morgan fingerprint density at radius 2 is 1.92 bits per heavy atom. The van der Waals surface area contributed by atoms with Crippen LogP contribution >= 0.6 is 12.6 Å². The molecule has 0 aliphatic rings. The van der Waals surface area contributed by atoms with Gasteiger partial charge in [0.05, 0.1) is 5.56 Å². The van der Waals surface area contributed by atoms with Crippen molar-refractivity contribution in [1.82, 2.24) is 0 Å². The summed E-state index contributed by atoms with van der Waals surface area (Å²) < 4.78 is 0. The first-order valence-electron chi connectivity index (χ1n) is 2.73. The molecular formula is C7H7HgNaO2S. The second-order valence-electron chi connectivity index (χ2n) is 1.82. The molecule has 5 heteroatoms. The fraction of sp³-hybridized carbons (Fsp3) is 0. The average molecular weight is 379 g/mol. The summed E-state index contributed by atoms with van der Waals surface area (Å²) >= 11 is 3.56. The zero-order valence-electron chi connectivity index (χ0n) is 7.82. The van der Waals surface area contributed by atoms with Crippen molar-refractivity contribution in [3.8, 4) is 5.75 Å². The number of benzene rings is 1. The zero-order valence-corrected chi connectivity index (χ0v) is 15.2. The van der Waals surface area contributed by atoms with E-state index >= 15 is 0 Å². The molecule has 0 saturated carbocycles. The first-order valence-corrected chi connectivity index (χ1v) is 3.18. The number of para-hydroxylation sites is 1. The Labute approximate surface area is 120 Å². The molecule has 0 unspecified atom stereocenters. The fourth-order valence-electron chi connectivity index (χ4n) is 0.654. The van der Waals surface area contributed by atoms with E-state index in [4.69, 9.17) is 5.11 Å². The third-order valence-corrected chi connectivity index (χ3v) is 1.38. The number of rotatable bonds is 1. The van der Waals surface area contributed by atoms with Crippen molar-refractivity contribution < 1.29 is 68.6 Å². The summed E-state index contributed by atoms with van der Waals surface area (Å²) in [4.78, 5) is 10.6. The molecule has 1 aromatic carbocycles. The molecular weight excluding hydrogens is 372 g/mol. The van der Waals surface area contributed by atoms with Gasteiger partial charge >= 0.3 is 29.6 Å². The SMILES string of the molecule is O=C(S)c1ccccc1O.[H-].[Hg].[Na+]. The van der Waals surface area contributed by atoms with Gasteiger partial charge in [0.2, 0.25) is 5.12 Å². The van der Waals surface area contributed by atoms with Gasteiger partial charge in [-0.25, -0.2) is 0 Å². The smallest absolute Gasteiger partial charge is 1.00 e. The van der Waals surface area contributed by atoms with Crippen molar-refractivity contribution in [3.63, 3.8) is 0 Å². The van der Waals surface area contributed by atoms with E-state index in [0.717, 1.165) is 0 Å². The molecule has 1 aromatic rings. The number of phenols is 1. The van der Waals surface area contributed by atoms with E-state index in [1.54, 1.807) is 12.1 Å². The van der Waals surface area contributed by atoms with Crippen LogP contribution in [0.25, 0.3) is 0 Å². The zero-order chi connectivity index (χ0) is 7.56. The first-order chi connectivity index (χ1) is 4.72. The van der Waals surface area contributed by atoms with Gasteiger partial charge in [0.15, 0.2) is 0 Å². The number of hydrogen-bond donors (Lipinski definition) is 2. The number of carbonyl (C=O) groups excluding carboxylic acids is 1. The standard InChI is InChI=1S/C7H6O2S.Hg.Na.H/c8-6-4-2-1-3-5(6)7(9)10;;;/h1-4,8H,(H,9,10);;;/q;;+1;-1. The van der Waals surface area contributed by atoms with Crippen molar-refractivity contribution in [2.24, 2.45) is 0 Å². The molecule has 0 atom stereocenters. The van der Waals surface area contributed by atoms with Gasteiger partial charge in [-0.05, 0) is 12.1 Å². The molecule has 0 radical (unpaired) electrons. The number of phenolic OH excluding ortho intramolecular Hbond substituents is 1. The monoisotopic (exact) mass is 380 g/mol. The minimum atomic E-state index is -0.418. The summed E-state index contributed by atoms with van der Waals surface area (Å²) in [6.45, 7) is 0. The summed E-state index contributed by atoms with van der Waals surface area (Å²) in [6.07, 6.45) is 0. The predicted octanol–water partition coefficient (Wildman–Crippen LogP) is -1.42. The molecule has 0 heterocycles. The van der Waals surface area contributed by atoms with Gasteiger partial charge in [0.1, 0.15) is 5.75 Å². The van der Waals surface area contributed by atoms with Crippen LogP contribution in [0.1, 0.15) is 11.8 Å². The fourth-order valence-corrected chi connectivity index (χ4v) is 0.844. The second-order valence-corrected chi connectivity index (χ2v) is 2.23. The van der Waals surface area contributed by atoms with Crippen LogP contribution in [-0.4, -0.2) is 10.2 Å². The van der Waals surface area contributed by atoms with Gasteiger partial charge in [-0.15, -0.1) is 12.6 Å². The van der Waals surface area contributed by atoms with Crippen molar-refractivity contribution in [3.05, 3.63) is 29.8 Å². The van der Waals surface area contributed by atoms with Crippen LogP contribution in [0.15, 0.2) is 24.3 Å². The first kappa shape index (κ1) is 15.4. The van der Waals surface area contributed by atoms with Crippen LogP contribution in [0, 0.1) is 0 Å². The molecule has 0 saturated heterocycles. The maximum Gasteiger partial charge on any atom is 1.00 e. The summed E-state index contributed by atoms with van der Waals surface area (Å²) in [5.74, 6) is -0.0255. The average Bonchev–Trinajstić information content (AvgIpc) is 1.88. The molecule has 0 fully saturated rings. The van der Waals surface area contributed by atoms with E-state index < -0.39 is 5.12 Å². The van der Waals surface area contributed by atoms with E-state index in [0.29, 0.717) is 0 Å².